The van der Waals surface area contributed by atoms with E-state index >= 15 is 0 Å². The lowest BCUT2D eigenvalue weighted by molar-refractivity contribution is 0.232. The van der Waals surface area contributed by atoms with Crippen molar-refractivity contribution in [3.63, 3.8) is 0 Å². The van der Waals surface area contributed by atoms with Crippen LogP contribution in [0.2, 0.25) is 0 Å². The van der Waals surface area contributed by atoms with Crippen molar-refractivity contribution in [1.82, 2.24) is 5.32 Å². The second-order valence-electron chi connectivity index (χ2n) is 5.80. The first-order chi connectivity index (χ1) is 10.8. The zero-order valence-electron chi connectivity index (χ0n) is 12.8. The molecule has 0 aliphatic heterocycles. The molecule has 0 aromatic heterocycles. The van der Waals surface area contributed by atoms with E-state index in [1.165, 1.54) is 18.6 Å². The minimum atomic E-state index is -4.61. The average molecular weight is 346 g/mol. The predicted octanol–water partition coefficient (Wildman–Crippen LogP) is 3.38. The Kier molecular flexibility index (Phi) is 5.56. The molecule has 1 aliphatic rings. The highest BCUT2D eigenvalue weighted by atomic mass is 32.2. The molecule has 1 aliphatic carbocycles. The Morgan fingerprint density at radius 3 is 2.35 bits per heavy atom. The van der Waals surface area contributed by atoms with Gasteiger partial charge in [-0.15, -0.1) is 0 Å². The van der Waals surface area contributed by atoms with Crippen LogP contribution in [0, 0.1) is 5.92 Å². The van der Waals surface area contributed by atoms with E-state index in [0.29, 0.717) is 11.6 Å². The summed E-state index contributed by atoms with van der Waals surface area (Å²) in [5.74, 6) is -3.05. The van der Waals surface area contributed by atoms with Gasteiger partial charge in [0.25, 0.3) is 0 Å². The van der Waals surface area contributed by atoms with Gasteiger partial charge in [-0.25, -0.2) is 13.2 Å². The number of benzene rings is 1. The zero-order valence-corrected chi connectivity index (χ0v) is 13.6. The van der Waals surface area contributed by atoms with E-state index in [1.54, 1.807) is 0 Å². The normalized spacial score (nSPS) is 21.9. The molecule has 2 atom stereocenters. The van der Waals surface area contributed by atoms with Crippen molar-refractivity contribution < 1.29 is 22.0 Å². The Morgan fingerprint density at radius 1 is 1.17 bits per heavy atom. The van der Waals surface area contributed by atoms with Crippen LogP contribution >= 0.6 is 0 Å². The summed E-state index contributed by atoms with van der Waals surface area (Å²) in [6.45, 7) is 2.09. The van der Waals surface area contributed by atoms with E-state index in [1.807, 2.05) is 0 Å². The van der Waals surface area contributed by atoms with Gasteiger partial charge in [-0.2, -0.15) is 8.78 Å². The van der Waals surface area contributed by atoms with Gasteiger partial charge >= 0.3 is 11.8 Å². The minimum Gasteiger partial charge on any atom is -0.335 e. The number of sulfone groups is 1. The molecule has 0 unspecified atom stereocenters. The Hall–Kier alpha value is -1.70. The van der Waals surface area contributed by atoms with Crippen molar-refractivity contribution in [3.05, 3.63) is 24.3 Å². The summed E-state index contributed by atoms with van der Waals surface area (Å²) in [6.07, 6.45) is 4.25. The molecule has 2 N–H and O–H groups in total. The molecule has 23 heavy (non-hydrogen) atoms. The fraction of sp³-hybridized carbons (Fsp3) is 0.533. The third-order valence-electron chi connectivity index (χ3n) is 4.10. The highest BCUT2D eigenvalue weighted by Gasteiger charge is 2.26. The number of amides is 2. The molecule has 0 bridgehead atoms. The number of halogens is 2. The van der Waals surface area contributed by atoms with Crippen LogP contribution in [0.1, 0.15) is 32.6 Å². The van der Waals surface area contributed by atoms with Crippen molar-refractivity contribution in [2.24, 2.45) is 5.92 Å². The topological polar surface area (TPSA) is 75.3 Å². The summed E-state index contributed by atoms with van der Waals surface area (Å²) < 4.78 is 47.5. The fourth-order valence-corrected chi connectivity index (χ4v) is 3.42. The van der Waals surface area contributed by atoms with Gasteiger partial charge in [-0.1, -0.05) is 19.8 Å². The fourth-order valence-electron chi connectivity index (χ4n) is 2.70. The lowest BCUT2D eigenvalue weighted by atomic mass is 9.86. The molecule has 1 aromatic rings. The van der Waals surface area contributed by atoms with Crippen LogP contribution in [0.5, 0.6) is 0 Å². The number of hydrogen-bond acceptors (Lipinski definition) is 3. The van der Waals surface area contributed by atoms with Crippen LogP contribution in [-0.2, 0) is 9.84 Å². The number of hydrogen-bond donors (Lipinski definition) is 2. The maximum atomic E-state index is 12.4. The number of urea groups is 1. The van der Waals surface area contributed by atoms with Crippen LogP contribution in [0.15, 0.2) is 29.2 Å². The lowest BCUT2D eigenvalue weighted by Crippen LogP contribution is -2.43. The summed E-state index contributed by atoms with van der Waals surface area (Å²) in [5.41, 5.74) is 0.346. The number of anilines is 1. The number of rotatable bonds is 4. The lowest BCUT2D eigenvalue weighted by Gasteiger charge is -2.29. The van der Waals surface area contributed by atoms with Crippen molar-refractivity contribution in [3.8, 4) is 0 Å². The van der Waals surface area contributed by atoms with Gasteiger partial charge in [0, 0.05) is 11.7 Å². The molecule has 2 amide bonds. The molecule has 2 rings (SSSR count). The summed E-state index contributed by atoms with van der Waals surface area (Å²) in [7, 11) is -4.61. The summed E-state index contributed by atoms with van der Waals surface area (Å²) in [6, 6.07) is 4.43. The van der Waals surface area contributed by atoms with Gasteiger partial charge in [-0.3, -0.25) is 0 Å². The van der Waals surface area contributed by atoms with Gasteiger partial charge < -0.3 is 10.6 Å². The first-order valence-corrected chi connectivity index (χ1v) is 9.05. The monoisotopic (exact) mass is 346 g/mol. The molecule has 128 valence electrons. The van der Waals surface area contributed by atoms with Gasteiger partial charge in [-0.05, 0) is 43.0 Å². The third kappa shape index (κ3) is 4.40. The highest BCUT2D eigenvalue weighted by Crippen LogP contribution is 2.24. The Morgan fingerprint density at radius 2 is 1.78 bits per heavy atom. The number of nitrogens with one attached hydrogen (secondary N) is 2. The number of alkyl halides is 2. The molecular formula is C15H20F2N2O3S. The first kappa shape index (κ1) is 17.7. The van der Waals surface area contributed by atoms with E-state index in [4.69, 9.17) is 0 Å². The third-order valence-corrected chi connectivity index (χ3v) is 5.50. The number of carbonyl (C=O) groups is 1. The molecule has 0 heterocycles. The smallest absolute Gasteiger partial charge is 0.335 e. The van der Waals surface area contributed by atoms with Crippen molar-refractivity contribution in [2.75, 3.05) is 5.32 Å². The van der Waals surface area contributed by atoms with Gasteiger partial charge in [0.1, 0.15) is 0 Å². The first-order valence-electron chi connectivity index (χ1n) is 7.50. The Balaban J connectivity index is 1.97. The van der Waals surface area contributed by atoms with Crippen molar-refractivity contribution in [2.45, 2.75) is 49.3 Å². The standard InChI is InChI=1S/C15H20F2N2O3S/c1-10-4-2-3-5-13(10)19-15(20)18-11-6-8-12(9-7-11)23(21,22)14(16)17/h6-10,13-14H,2-5H2,1H3,(H2,18,19,20)/t10-,13+/m1/s1. The maximum Gasteiger partial charge on any atom is 0.341 e. The average Bonchev–Trinajstić information content (AvgIpc) is 2.50. The molecule has 5 nitrogen and oxygen atoms in total. The molecule has 8 heteroatoms. The predicted molar refractivity (Wildman–Crippen MR) is 83.2 cm³/mol. The molecule has 0 radical (unpaired) electrons. The summed E-state index contributed by atoms with van der Waals surface area (Å²) in [4.78, 5) is 11.5. The quantitative estimate of drug-likeness (QED) is 0.877. The van der Waals surface area contributed by atoms with Crippen molar-refractivity contribution in [1.29, 1.82) is 0 Å². The van der Waals surface area contributed by atoms with Crippen LogP contribution in [0.4, 0.5) is 19.3 Å². The van der Waals surface area contributed by atoms with E-state index in [9.17, 15) is 22.0 Å². The van der Waals surface area contributed by atoms with E-state index in [-0.39, 0.29) is 12.1 Å². The molecule has 1 fully saturated rings. The second kappa shape index (κ2) is 7.25. The number of carbonyl (C=O) groups excluding carboxylic acids is 1. The minimum absolute atomic E-state index is 0.113. The Labute approximate surface area is 134 Å². The molecule has 0 spiro atoms. The van der Waals surface area contributed by atoms with Crippen LogP contribution < -0.4 is 10.6 Å². The van der Waals surface area contributed by atoms with E-state index in [0.717, 1.165) is 31.4 Å². The molecule has 1 aromatic carbocycles. The summed E-state index contributed by atoms with van der Waals surface area (Å²) >= 11 is 0. The summed E-state index contributed by atoms with van der Waals surface area (Å²) in [5, 5.41) is 5.48. The largest absolute Gasteiger partial charge is 0.341 e. The van der Waals surface area contributed by atoms with Crippen LogP contribution in [-0.4, -0.2) is 26.2 Å². The second-order valence-corrected chi connectivity index (χ2v) is 7.71. The van der Waals surface area contributed by atoms with Gasteiger partial charge in [0.15, 0.2) is 0 Å². The van der Waals surface area contributed by atoms with Gasteiger partial charge in [0.2, 0.25) is 9.84 Å². The molecule has 1 saturated carbocycles. The van der Waals surface area contributed by atoms with Crippen LogP contribution in [0.25, 0.3) is 0 Å². The van der Waals surface area contributed by atoms with Gasteiger partial charge in [0.05, 0.1) is 4.90 Å². The zero-order chi connectivity index (χ0) is 17.0. The van der Waals surface area contributed by atoms with Crippen LogP contribution in [0.3, 0.4) is 0 Å². The highest BCUT2D eigenvalue weighted by molar-refractivity contribution is 7.91. The SMILES string of the molecule is C[C@@H]1CCCC[C@@H]1NC(=O)Nc1ccc(S(=O)(=O)C(F)F)cc1. The molecule has 0 saturated heterocycles. The van der Waals surface area contributed by atoms with E-state index in [2.05, 4.69) is 17.6 Å². The van der Waals surface area contributed by atoms with Crippen molar-refractivity contribution >= 4 is 21.6 Å². The van der Waals surface area contributed by atoms with E-state index < -0.39 is 20.5 Å². The maximum absolute atomic E-state index is 12.4. The Bertz CT molecular complexity index is 647. The molecular weight excluding hydrogens is 326 g/mol.